The topological polar surface area (TPSA) is 46.3 Å². The van der Waals surface area contributed by atoms with Crippen LogP contribution < -0.4 is 5.73 Å². The predicted octanol–water partition coefficient (Wildman–Crippen LogP) is 3.67. The van der Waals surface area contributed by atoms with Crippen LogP contribution in [0, 0.1) is 6.92 Å². The first-order valence-electron chi connectivity index (χ1n) is 5.82. The van der Waals surface area contributed by atoms with E-state index in [2.05, 4.69) is 15.9 Å². The van der Waals surface area contributed by atoms with Gasteiger partial charge in [-0.1, -0.05) is 11.6 Å². The lowest BCUT2D eigenvalue weighted by atomic mass is 10.1. The summed E-state index contributed by atoms with van der Waals surface area (Å²) in [4.78, 5) is 14.0. The van der Waals surface area contributed by atoms with Crippen molar-refractivity contribution >= 4 is 38.9 Å². The summed E-state index contributed by atoms with van der Waals surface area (Å²) in [6.07, 6.45) is 0. The lowest BCUT2D eigenvalue weighted by molar-refractivity contribution is 0.0786. The number of hydrogen-bond donors (Lipinski definition) is 1. The number of halogens is 1. The fourth-order valence-electron chi connectivity index (χ4n) is 1.84. The van der Waals surface area contributed by atoms with E-state index in [1.807, 2.05) is 30.5 Å². The minimum Gasteiger partial charge on any atom is -0.398 e. The molecule has 5 heteroatoms. The van der Waals surface area contributed by atoms with Crippen molar-refractivity contribution < 1.29 is 4.79 Å². The lowest BCUT2D eigenvalue weighted by Gasteiger charge is -2.18. The number of benzene rings is 1. The van der Waals surface area contributed by atoms with Gasteiger partial charge >= 0.3 is 0 Å². The molecule has 0 bridgehead atoms. The highest BCUT2D eigenvalue weighted by Crippen LogP contribution is 2.22. The van der Waals surface area contributed by atoms with E-state index in [4.69, 9.17) is 5.73 Å². The second kappa shape index (κ2) is 5.75. The van der Waals surface area contributed by atoms with Crippen molar-refractivity contribution in [2.75, 3.05) is 12.8 Å². The van der Waals surface area contributed by atoms with Crippen molar-refractivity contribution in [3.05, 3.63) is 50.1 Å². The zero-order chi connectivity index (χ0) is 14.0. The Morgan fingerprint density at radius 3 is 2.79 bits per heavy atom. The molecule has 2 N–H and O–H groups in total. The molecule has 0 aliphatic carbocycles. The van der Waals surface area contributed by atoms with Gasteiger partial charge in [0.25, 0.3) is 5.91 Å². The number of rotatable bonds is 3. The van der Waals surface area contributed by atoms with Gasteiger partial charge in [-0.2, -0.15) is 0 Å². The van der Waals surface area contributed by atoms with Crippen LogP contribution in [0.3, 0.4) is 0 Å². The number of nitrogen functional groups attached to an aromatic ring is 1. The number of anilines is 1. The molecular weight excluding hydrogens is 324 g/mol. The third-order valence-electron chi connectivity index (χ3n) is 2.83. The van der Waals surface area contributed by atoms with Crippen LogP contribution in [0.1, 0.15) is 21.5 Å². The van der Waals surface area contributed by atoms with Gasteiger partial charge in [0.2, 0.25) is 0 Å². The van der Waals surface area contributed by atoms with Crippen molar-refractivity contribution in [1.29, 1.82) is 0 Å². The zero-order valence-corrected chi connectivity index (χ0v) is 13.2. The number of amides is 1. The number of nitrogens with zero attached hydrogens (tertiary/aromatic N) is 1. The Hall–Kier alpha value is -1.33. The van der Waals surface area contributed by atoms with Crippen LogP contribution in [0.2, 0.25) is 0 Å². The number of aryl methyl sites for hydroxylation is 1. The monoisotopic (exact) mass is 338 g/mol. The van der Waals surface area contributed by atoms with Crippen LogP contribution in [0.5, 0.6) is 0 Å². The summed E-state index contributed by atoms with van der Waals surface area (Å²) in [5.74, 6) is -0.0523. The van der Waals surface area contributed by atoms with Crippen molar-refractivity contribution in [1.82, 2.24) is 4.90 Å². The highest BCUT2D eigenvalue weighted by Gasteiger charge is 2.15. The van der Waals surface area contributed by atoms with E-state index in [0.29, 0.717) is 17.8 Å². The van der Waals surface area contributed by atoms with E-state index in [-0.39, 0.29) is 5.91 Å². The second-order valence-corrected chi connectivity index (χ2v) is 6.80. The van der Waals surface area contributed by atoms with Crippen molar-refractivity contribution in [3.63, 3.8) is 0 Å². The summed E-state index contributed by atoms with van der Waals surface area (Å²) in [6.45, 7) is 2.53. The smallest absolute Gasteiger partial charge is 0.255 e. The maximum Gasteiger partial charge on any atom is 0.255 e. The van der Waals surface area contributed by atoms with Crippen molar-refractivity contribution in [2.24, 2.45) is 0 Å². The Morgan fingerprint density at radius 2 is 2.16 bits per heavy atom. The first kappa shape index (κ1) is 14.1. The SMILES string of the molecule is Cc1ccc(N)c(C(=O)N(C)Cc2csc(Br)c2)c1. The molecule has 2 aromatic rings. The van der Waals surface area contributed by atoms with Crippen LogP contribution in [0.25, 0.3) is 0 Å². The largest absolute Gasteiger partial charge is 0.398 e. The number of carbonyl (C=O) groups excluding carboxylic acids is 1. The molecule has 100 valence electrons. The molecule has 0 fully saturated rings. The summed E-state index contributed by atoms with van der Waals surface area (Å²) in [5, 5.41) is 2.04. The fraction of sp³-hybridized carbons (Fsp3) is 0.214. The third kappa shape index (κ3) is 3.36. The number of thiophene rings is 1. The Bertz CT molecular complexity index is 609. The van der Waals surface area contributed by atoms with E-state index in [9.17, 15) is 4.79 Å². The molecule has 1 amide bonds. The third-order valence-corrected chi connectivity index (χ3v) is 4.38. The maximum absolute atomic E-state index is 12.4. The molecule has 0 spiro atoms. The second-order valence-electron chi connectivity index (χ2n) is 4.51. The standard InChI is InChI=1S/C14H15BrN2OS/c1-9-3-4-12(16)11(5-9)14(18)17(2)7-10-6-13(15)19-8-10/h3-6,8H,7,16H2,1-2H3. The first-order valence-corrected chi connectivity index (χ1v) is 7.49. The molecule has 1 heterocycles. The highest BCUT2D eigenvalue weighted by atomic mass is 79.9. The van der Waals surface area contributed by atoms with Crippen LogP contribution in [0.4, 0.5) is 5.69 Å². The number of carbonyl (C=O) groups is 1. The maximum atomic E-state index is 12.4. The molecule has 0 unspecified atom stereocenters. The summed E-state index contributed by atoms with van der Waals surface area (Å²) in [6, 6.07) is 7.53. The molecule has 0 aliphatic rings. The van der Waals surface area contributed by atoms with Crippen LogP contribution in [-0.2, 0) is 6.54 Å². The van der Waals surface area contributed by atoms with Gasteiger partial charge in [0, 0.05) is 19.3 Å². The molecular formula is C14H15BrN2OS. The first-order chi connectivity index (χ1) is 8.97. The van der Waals surface area contributed by atoms with Crippen LogP contribution in [-0.4, -0.2) is 17.9 Å². The van der Waals surface area contributed by atoms with Gasteiger partial charge in [-0.25, -0.2) is 0 Å². The predicted molar refractivity (Wildman–Crippen MR) is 83.4 cm³/mol. The Balaban J connectivity index is 2.16. The molecule has 0 aliphatic heterocycles. The molecule has 3 nitrogen and oxygen atoms in total. The van der Waals surface area contributed by atoms with Gasteiger partial charge < -0.3 is 10.6 Å². The van der Waals surface area contributed by atoms with Crippen LogP contribution >= 0.6 is 27.3 Å². The Labute approximate surface area is 125 Å². The molecule has 2 rings (SSSR count). The molecule has 19 heavy (non-hydrogen) atoms. The molecule has 1 aromatic carbocycles. The van der Waals surface area contributed by atoms with Gasteiger partial charge in [-0.3, -0.25) is 4.79 Å². The molecule has 1 aromatic heterocycles. The Morgan fingerprint density at radius 1 is 1.42 bits per heavy atom. The quantitative estimate of drug-likeness (QED) is 0.868. The minimum atomic E-state index is -0.0523. The molecule has 0 atom stereocenters. The highest BCUT2D eigenvalue weighted by molar-refractivity contribution is 9.11. The normalized spacial score (nSPS) is 10.5. The number of hydrogen-bond acceptors (Lipinski definition) is 3. The van der Waals surface area contributed by atoms with Crippen LogP contribution in [0.15, 0.2) is 33.4 Å². The summed E-state index contributed by atoms with van der Waals surface area (Å²) < 4.78 is 1.07. The van der Waals surface area contributed by atoms with Crippen molar-refractivity contribution in [2.45, 2.75) is 13.5 Å². The molecule has 0 saturated carbocycles. The van der Waals surface area contributed by atoms with E-state index in [0.717, 1.165) is 14.9 Å². The van der Waals surface area contributed by atoms with E-state index < -0.39 is 0 Å². The molecule has 0 radical (unpaired) electrons. The van der Waals surface area contributed by atoms with Gasteiger partial charge in [-0.05, 0) is 52.0 Å². The van der Waals surface area contributed by atoms with E-state index in [1.165, 1.54) is 0 Å². The summed E-state index contributed by atoms with van der Waals surface area (Å²) >= 11 is 5.03. The van der Waals surface area contributed by atoms with E-state index >= 15 is 0 Å². The van der Waals surface area contributed by atoms with E-state index in [1.54, 1.807) is 29.4 Å². The zero-order valence-electron chi connectivity index (χ0n) is 10.8. The number of nitrogens with two attached hydrogens (primary N) is 1. The fourth-order valence-corrected chi connectivity index (χ4v) is 3.04. The summed E-state index contributed by atoms with van der Waals surface area (Å²) in [7, 11) is 1.79. The Kier molecular flexibility index (Phi) is 4.27. The molecule has 0 saturated heterocycles. The van der Waals surface area contributed by atoms with Gasteiger partial charge in [-0.15, -0.1) is 11.3 Å². The van der Waals surface area contributed by atoms with Crippen molar-refractivity contribution in [3.8, 4) is 0 Å². The lowest BCUT2D eigenvalue weighted by Crippen LogP contribution is -2.26. The summed E-state index contributed by atoms with van der Waals surface area (Å²) in [5.41, 5.74) is 9.10. The van der Waals surface area contributed by atoms with Gasteiger partial charge in [0.15, 0.2) is 0 Å². The van der Waals surface area contributed by atoms with Gasteiger partial charge in [0.1, 0.15) is 0 Å². The minimum absolute atomic E-state index is 0.0523. The van der Waals surface area contributed by atoms with Gasteiger partial charge in [0.05, 0.1) is 9.35 Å². The average molecular weight is 339 g/mol. The average Bonchev–Trinajstić information content (AvgIpc) is 2.77.